The molecule has 0 amide bonds. The van der Waals surface area contributed by atoms with E-state index in [1.807, 2.05) is 12.1 Å². The number of ether oxygens (including phenoxy) is 3. The van der Waals surface area contributed by atoms with E-state index in [0.29, 0.717) is 26.4 Å². The molecule has 0 fully saturated rings. The molecule has 3 heteroatoms. The van der Waals surface area contributed by atoms with Crippen LogP contribution >= 0.6 is 0 Å². The number of benzene rings is 2. The predicted molar refractivity (Wildman–Crippen MR) is 93.6 cm³/mol. The van der Waals surface area contributed by atoms with Gasteiger partial charge in [-0.1, -0.05) is 35.4 Å². The molecule has 2 aromatic carbocycles. The van der Waals surface area contributed by atoms with E-state index in [1.165, 1.54) is 11.1 Å². The molecule has 0 aliphatic rings. The van der Waals surface area contributed by atoms with Gasteiger partial charge in [0.15, 0.2) is 0 Å². The highest BCUT2D eigenvalue weighted by Crippen LogP contribution is 2.19. The van der Waals surface area contributed by atoms with Crippen molar-refractivity contribution < 1.29 is 14.2 Å². The molecule has 124 valence electrons. The number of hydrogen-bond acceptors (Lipinski definition) is 3. The maximum atomic E-state index is 5.72. The normalized spacial score (nSPS) is 10.6. The van der Waals surface area contributed by atoms with Gasteiger partial charge in [-0.3, -0.25) is 0 Å². The average molecular weight is 314 g/mol. The topological polar surface area (TPSA) is 27.7 Å². The molecule has 0 saturated heterocycles. The molecule has 0 N–H and O–H groups in total. The van der Waals surface area contributed by atoms with Crippen LogP contribution in [0.15, 0.2) is 36.4 Å². The van der Waals surface area contributed by atoms with E-state index in [1.54, 1.807) is 0 Å². The van der Waals surface area contributed by atoms with Gasteiger partial charge >= 0.3 is 0 Å². The molecule has 0 saturated carbocycles. The van der Waals surface area contributed by atoms with Crippen LogP contribution in [0.5, 0.6) is 11.5 Å². The molecule has 2 aromatic rings. The van der Waals surface area contributed by atoms with Crippen molar-refractivity contribution in [3.05, 3.63) is 58.7 Å². The minimum Gasteiger partial charge on any atom is -0.491 e. The zero-order valence-corrected chi connectivity index (χ0v) is 14.5. The lowest BCUT2D eigenvalue weighted by Crippen LogP contribution is -2.12. The summed E-state index contributed by atoms with van der Waals surface area (Å²) in [6.07, 6.45) is 0. The number of aryl methyl sites for hydroxylation is 4. The first kappa shape index (κ1) is 17.4. The van der Waals surface area contributed by atoms with E-state index < -0.39 is 0 Å². The van der Waals surface area contributed by atoms with Crippen molar-refractivity contribution in [2.75, 3.05) is 26.4 Å². The van der Waals surface area contributed by atoms with Crippen molar-refractivity contribution in [3.63, 3.8) is 0 Å². The maximum absolute atomic E-state index is 5.72. The second-order valence-corrected chi connectivity index (χ2v) is 5.85. The molecule has 2 rings (SSSR count). The summed E-state index contributed by atoms with van der Waals surface area (Å²) in [6.45, 7) is 10.5. The zero-order chi connectivity index (χ0) is 16.7. The third-order valence-electron chi connectivity index (χ3n) is 3.63. The van der Waals surface area contributed by atoms with Crippen molar-refractivity contribution in [1.82, 2.24) is 0 Å². The molecular formula is C20H26O3. The Kier molecular flexibility index (Phi) is 6.48. The lowest BCUT2D eigenvalue weighted by molar-refractivity contribution is 0.0761. The summed E-state index contributed by atoms with van der Waals surface area (Å²) in [5.74, 6) is 1.84. The Labute approximate surface area is 139 Å². The summed E-state index contributed by atoms with van der Waals surface area (Å²) in [4.78, 5) is 0. The quantitative estimate of drug-likeness (QED) is 0.676. The average Bonchev–Trinajstić information content (AvgIpc) is 2.50. The summed E-state index contributed by atoms with van der Waals surface area (Å²) in [6, 6.07) is 12.4. The van der Waals surface area contributed by atoms with Crippen LogP contribution < -0.4 is 9.47 Å². The fourth-order valence-electron chi connectivity index (χ4n) is 2.45. The van der Waals surface area contributed by atoms with Gasteiger partial charge in [-0.25, -0.2) is 0 Å². The van der Waals surface area contributed by atoms with Gasteiger partial charge in [0.1, 0.15) is 24.7 Å². The van der Waals surface area contributed by atoms with Gasteiger partial charge in [0, 0.05) is 0 Å². The van der Waals surface area contributed by atoms with Crippen LogP contribution in [0.4, 0.5) is 0 Å². The first-order valence-electron chi connectivity index (χ1n) is 8.04. The van der Waals surface area contributed by atoms with E-state index in [2.05, 4.69) is 52.0 Å². The molecular weight excluding hydrogens is 288 g/mol. The van der Waals surface area contributed by atoms with E-state index in [4.69, 9.17) is 14.2 Å². The molecule has 23 heavy (non-hydrogen) atoms. The Morgan fingerprint density at radius 3 is 1.43 bits per heavy atom. The highest BCUT2D eigenvalue weighted by Gasteiger charge is 2.01. The summed E-state index contributed by atoms with van der Waals surface area (Å²) in [5.41, 5.74) is 4.80. The van der Waals surface area contributed by atoms with Crippen LogP contribution in [-0.2, 0) is 4.74 Å². The Bertz CT molecular complexity index is 579. The van der Waals surface area contributed by atoms with Crippen LogP contribution in [-0.4, -0.2) is 26.4 Å². The minimum absolute atomic E-state index is 0.549. The SMILES string of the molecule is Cc1ccc(OCCOCCOc2ccc(C)cc2C)c(C)c1. The van der Waals surface area contributed by atoms with Crippen LogP contribution in [0.25, 0.3) is 0 Å². The molecule has 0 aromatic heterocycles. The molecule has 0 atom stereocenters. The van der Waals surface area contributed by atoms with Crippen molar-refractivity contribution in [2.24, 2.45) is 0 Å². The summed E-state index contributed by atoms with van der Waals surface area (Å²) in [5, 5.41) is 0. The van der Waals surface area contributed by atoms with Gasteiger partial charge in [-0.15, -0.1) is 0 Å². The first-order valence-corrected chi connectivity index (χ1v) is 8.04. The Morgan fingerprint density at radius 1 is 0.609 bits per heavy atom. The molecule has 0 heterocycles. The van der Waals surface area contributed by atoms with Gasteiger partial charge in [0.2, 0.25) is 0 Å². The standard InChI is InChI=1S/C20H26O3/c1-15-5-7-19(17(3)13-15)22-11-9-21-10-12-23-20-8-6-16(2)14-18(20)4/h5-8,13-14H,9-12H2,1-4H3. The van der Waals surface area contributed by atoms with Gasteiger partial charge in [-0.05, 0) is 51.0 Å². The molecule has 0 aliphatic heterocycles. The van der Waals surface area contributed by atoms with Crippen LogP contribution in [0, 0.1) is 27.7 Å². The van der Waals surface area contributed by atoms with Crippen molar-refractivity contribution >= 4 is 0 Å². The summed E-state index contributed by atoms with van der Waals surface area (Å²) >= 11 is 0. The number of rotatable bonds is 8. The fraction of sp³-hybridized carbons (Fsp3) is 0.400. The third-order valence-corrected chi connectivity index (χ3v) is 3.63. The Morgan fingerprint density at radius 2 is 1.04 bits per heavy atom. The first-order chi connectivity index (χ1) is 11.1. The largest absolute Gasteiger partial charge is 0.491 e. The third kappa shape index (κ3) is 5.61. The van der Waals surface area contributed by atoms with Crippen molar-refractivity contribution in [1.29, 1.82) is 0 Å². The second-order valence-electron chi connectivity index (χ2n) is 5.85. The molecule has 0 unspecified atom stereocenters. The van der Waals surface area contributed by atoms with E-state index in [0.717, 1.165) is 22.6 Å². The second kappa shape index (κ2) is 8.59. The fourth-order valence-corrected chi connectivity index (χ4v) is 2.45. The monoisotopic (exact) mass is 314 g/mol. The van der Waals surface area contributed by atoms with E-state index in [-0.39, 0.29) is 0 Å². The molecule has 0 aliphatic carbocycles. The smallest absolute Gasteiger partial charge is 0.122 e. The molecule has 0 spiro atoms. The predicted octanol–water partition coefficient (Wildman–Crippen LogP) is 4.39. The van der Waals surface area contributed by atoms with E-state index in [9.17, 15) is 0 Å². The zero-order valence-electron chi connectivity index (χ0n) is 14.5. The van der Waals surface area contributed by atoms with Gasteiger partial charge in [0.05, 0.1) is 13.2 Å². The highest BCUT2D eigenvalue weighted by molar-refractivity contribution is 5.36. The van der Waals surface area contributed by atoms with Crippen molar-refractivity contribution in [2.45, 2.75) is 27.7 Å². The lowest BCUT2D eigenvalue weighted by atomic mass is 10.1. The van der Waals surface area contributed by atoms with Gasteiger partial charge in [0.25, 0.3) is 0 Å². The lowest BCUT2D eigenvalue weighted by Gasteiger charge is -2.11. The van der Waals surface area contributed by atoms with Crippen LogP contribution in [0.2, 0.25) is 0 Å². The molecule has 0 radical (unpaired) electrons. The molecule has 3 nitrogen and oxygen atoms in total. The maximum Gasteiger partial charge on any atom is 0.122 e. The Balaban J connectivity index is 1.61. The van der Waals surface area contributed by atoms with Crippen LogP contribution in [0.3, 0.4) is 0 Å². The summed E-state index contributed by atoms with van der Waals surface area (Å²) in [7, 11) is 0. The highest BCUT2D eigenvalue weighted by atomic mass is 16.5. The minimum atomic E-state index is 0.549. The van der Waals surface area contributed by atoms with Crippen molar-refractivity contribution in [3.8, 4) is 11.5 Å². The Hall–Kier alpha value is -2.00. The van der Waals surface area contributed by atoms with Crippen LogP contribution in [0.1, 0.15) is 22.3 Å². The number of hydrogen-bond donors (Lipinski definition) is 0. The molecule has 0 bridgehead atoms. The van der Waals surface area contributed by atoms with E-state index >= 15 is 0 Å². The van der Waals surface area contributed by atoms with Gasteiger partial charge < -0.3 is 14.2 Å². The van der Waals surface area contributed by atoms with Gasteiger partial charge in [-0.2, -0.15) is 0 Å². The summed E-state index contributed by atoms with van der Waals surface area (Å²) < 4.78 is 17.0.